The summed E-state index contributed by atoms with van der Waals surface area (Å²) in [6, 6.07) is 101. The van der Waals surface area contributed by atoms with Crippen molar-refractivity contribution in [2.75, 3.05) is 0 Å². The molecule has 0 spiro atoms. The predicted octanol–water partition coefficient (Wildman–Crippen LogP) is 21.2. The molecular formula is C74H46O. The lowest BCUT2D eigenvalue weighted by atomic mass is 9.84. The van der Waals surface area contributed by atoms with Crippen molar-refractivity contribution < 1.29 is 4.42 Å². The van der Waals surface area contributed by atoms with Crippen LogP contribution in [0.4, 0.5) is 0 Å². The average Bonchev–Trinajstić information content (AvgIpc) is 3.89. The van der Waals surface area contributed by atoms with Gasteiger partial charge in [-0.1, -0.05) is 255 Å². The van der Waals surface area contributed by atoms with Crippen molar-refractivity contribution in [2.45, 2.75) is 0 Å². The van der Waals surface area contributed by atoms with Gasteiger partial charge in [0.05, 0.1) is 0 Å². The van der Waals surface area contributed by atoms with Gasteiger partial charge in [0.1, 0.15) is 11.2 Å². The fourth-order valence-corrected chi connectivity index (χ4v) is 12.4. The van der Waals surface area contributed by atoms with E-state index < -0.39 is 0 Å². The molecule has 0 amide bonds. The zero-order chi connectivity index (χ0) is 49.4. The van der Waals surface area contributed by atoms with E-state index in [1.165, 1.54) is 131 Å². The maximum Gasteiger partial charge on any atom is 0.143 e. The number of hydrogen-bond acceptors (Lipinski definition) is 1. The van der Waals surface area contributed by atoms with E-state index in [4.69, 9.17) is 4.42 Å². The fourth-order valence-electron chi connectivity index (χ4n) is 12.4. The summed E-state index contributed by atoms with van der Waals surface area (Å²) < 4.78 is 6.59. The van der Waals surface area contributed by atoms with Crippen LogP contribution in [0.2, 0.25) is 0 Å². The number of furan rings is 1. The van der Waals surface area contributed by atoms with E-state index in [2.05, 4.69) is 279 Å². The highest BCUT2D eigenvalue weighted by Crippen LogP contribution is 2.49. The van der Waals surface area contributed by atoms with Gasteiger partial charge in [-0.05, 0) is 150 Å². The fraction of sp³-hybridized carbons (Fsp3) is 0. The van der Waals surface area contributed by atoms with Crippen molar-refractivity contribution >= 4 is 108 Å². The maximum absolute atomic E-state index is 6.59. The Morgan fingerprint density at radius 2 is 0.547 bits per heavy atom. The Balaban J connectivity index is 0.000000134. The molecule has 1 heteroatoms. The minimum absolute atomic E-state index is 0.917. The molecule has 1 nitrogen and oxygen atoms in total. The van der Waals surface area contributed by atoms with Gasteiger partial charge in [-0.25, -0.2) is 0 Å². The summed E-state index contributed by atoms with van der Waals surface area (Å²) in [7, 11) is 0. The van der Waals surface area contributed by atoms with Crippen LogP contribution in [0, 0.1) is 0 Å². The Kier molecular flexibility index (Phi) is 9.96. The molecular weight excluding hydrogens is 905 g/mol. The van der Waals surface area contributed by atoms with E-state index in [0.717, 1.165) is 21.9 Å². The van der Waals surface area contributed by atoms with Crippen LogP contribution in [-0.2, 0) is 0 Å². The lowest BCUT2D eigenvalue weighted by Gasteiger charge is -2.19. The van der Waals surface area contributed by atoms with Crippen molar-refractivity contribution in [1.29, 1.82) is 0 Å². The van der Waals surface area contributed by atoms with Crippen LogP contribution in [0.5, 0.6) is 0 Å². The zero-order valence-corrected chi connectivity index (χ0v) is 41.0. The quantitative estimate of drug-likeness (QED) is 0.160. The van der Waals surface area contributed by atoms with Gasteiger partial charge in [0.25, 0.3) is 0 Å². The molecule has 75 heavy (non-hydrogen) atoms. The average molecular weight is 951 g/mol. The number of benzene rings is 15. The first-order valence-corrected chi connectivity index (χ1v) is 25.9. The molecule has 0 aliphatic carbocycles. The minimum atomic E-state index is 0.917. The molecule has 0 aliphatic rings. The highest BCUT2D eigenvalue weighted by Gasteiger charge is 2.22. The Labute approximate surface area is 433 Å². The summed E-state index contributed by atoms with van der Waals surface area (Å²) >= 11 is 0. The number of fused-ring (bicyclic) bond motifs is 12. The number of rotatable bonds is 4. The first-order chi connectivity index (χ1) is 37.2. The summed E-state index contributed by atoms with van der Waals surface area (Å²) in [5, 5.41) is 22.4. The van der Waals surface area contributed by atoms with Gasteiger partial charge in [0.2, 0.25) is 0 Å². The van der Waals surface area contributed by atoms with Crippen molar-refractivity contribution in [3.05, 3.63) is 279 Å². The summed E-state index contributed by atoms with van der Waals surface area (Å²) in [6.07, 6.45) is 0. The van der Waals surface area contributed by atoms with E-state index >= 15 is 0 Å². The van der Waals surface area contributed by atoms with Gasteiger partial charge in [-0.15, -0.1) is 0 Å². The summed E-state index contributed by atoms with van der Waals surface area (Å²) in [4.78, 5) is 0. The molecule has 0 saturated heterocycles. The summed E-state index contributed by atoms with van der Waals surface area (Å²) in [6.45, 7) is 0. The first-order valence-electron chi connectivity index (χ1n) is 25.9. The van der Waals surface area contributed by atoms with Crippen LogP contribution in [-0.4, -0.2) is 0 Å². The van der Waals surface area contributed by atoms with E-state index in [-0.39, 0.29) is 0 Å². The van der Waals surface area contributed by atoms with E-state index in [1.54, 1.807) is 0 Å². The molecule has 0 fully saturated rings. The van der Waals surface area contributed by atoms with Crippen molar-refractivity contribution in [1.82, 2.24) is 0 Å². The van der Waals surface area contributed by atoms with Crippen LogP contribution in [0.3, 0.4) is 0 Å². The normalized spacial score (nSPS) is 11.7. The summed E-state index contributed by atoms with van der Waals surface area (Å²) in [5.41, 5.74) is 12.0. The third kappa shape index (κ3) is 6.93. The highest BCUT2D eigenvalue weighted by atomic mass is 16.3. The Hall–Kier alpha value is -9.82. The van der Waals surface area contributed by atoms with Crippen molar-refractivity contribution in [3.8, 4) is 44.5 Å². The molecule has 0 bridgehead atoms. The largest absolute Gasteiger partial charge is 0.455 e. The summed E-state index contributed by atoms with van der Waals surface area (Å²) in [5.74, 6) is 0. The van der Waals surface area contributed by atoms with Gasteiger partial charge in [0.15, 0.2) is 0 Å². The molecule has 0 unspecified atom stereocenters. The molecule has 0 aliphatic heterocycles. The highest BCUT2D eigenvalue weighted by molar-refractivity contribution is 6.28. The van der Waals surface area contributed by atoms with Gasteiger partial charge < -0.3 is 4.42 Å². The van der Waals surface area contributed by atoms with E-state index in [1.807, 2.05) is 0 Å². The van der Waals surface area contributed by atoms with Crippen LogP contribution in [0.15, 0.2) is 283 Å². The molecule has 348 valence electrons. The monoisotopic (exact) mass is 950 g/mol. The number of hydrogen-bond donors (Lipinski definition) is 0. The van der Waals surface area contributed by atoms with Gasteiger partial charge in [0, 0.05) is 16.2 Å². The molecule has 15 aromatic carbocycles. The standard InChI is InChI=1S/C40H24O.C34H22/c1-2-12-27-24-28(21-20-25(27)10-1)37-30-14-5-7-16-32(30)38(33-17-8-6-15-31(33)37)34-18-9-19-36-39(34)35-23-22-26-11-3-4-13-29(26)40(35)41-36;1-2-12-25-22-26(21-20-23(25)10-1)33-29-15-5-7-17-31(29)34(32-18-8-6-16-30(32)33)28-19-9-13-24-11-3-4-14-27(24)28/h1-24H;1-22H. The van der Waals surface area contributed by atoms with Crippen LogP contribution >= 0.6 is 0 Å². The van der Waals surface area contributed by atoms with Crippen LogP contribution in [0.25, 0.3) is 153 Å². The van der Waals surface area contributed by atoms with Crippen molar-refractivity contribution in [3.63, 3.8) is 0 Å². The molecule has 1 aromatic heterocycles. The van der Waals surface area contributed by atoms with Crippen LogP contribution < -0.4 is 0 Å². The molecule has 0 atom stereocenters. The van der Waals surface area contributed by atoms with Gasteiger partial charge in [-0.2, -0.15) is 0 Å². The smallest absolute Gasteiger partial charge is 0.143 e. The lowest BCUT2D eigenvalue weighted by molar-refractivity contribution is 0.673. The van der Waals surface area contributed by atoms with Gasteiger partial charge >= 0.3 is 0 Å². The molecule has 16 aromatic rings. The molecule has 0 radical (unpaired) electrons. The SMILES string of the molecule is c1ccc2cc(-c3c4ccccc4c(-c4cccc5ccccc45)c4ccccc34)ccc2c1.c1ccc2cc(-c3c4ccccc4c(-c4cccc5oc6c7ccccc7ccc6c45)c4ccccc34)ccc2c1. The lowest BCUT2D eigenvalue weighted by Crippen LogP contribution is -1.91. The minimum Gasteiger partial charge on any atom is -0.455 e. The molecule has 0 saturated carbocycles. The Morgan fingerprint density at radius 3 is 1.05 bits per heavy atom. The molecule has 16 rings (SSSR count). The first kappa shape index (κ1) is 42.8. The van der Waals surface area contributed by atoms with E-state index in [9.17, 15) is 0 Å². The van der Waals surface area contributed by atoms with Crippen LogP contribution in [0.1, 0.15) is 0 Å². The molecule has 1 heterocycles. The second-order valence-electron chi connectivity index (χ2n) is 19.8. The second kappa shape index (κ2) is 17.4. The second-order valence-corrected chi connectivity index (χ2v) is 19.8. The van der Waals surface area contributed by atoms with E-state index in [0.29, 0.717) is 0 Å². The zero-order valence-electron chi connectivity index (χ0n) is 41.0. The van der Waals surface area contributed by atoms with Crippen molar-refractivity contribution in [2.24, 2.45) is 0 Å². The third-order valence-electron chi connectivity index (χ3n) is 15.7. The Bertz CT molecular complexity index is 4840. The van der Waals surface area contributed by atoms with Gasteiger partial charge in [-0.3, -0.25) is 0 Å². The molecule has 0 N–H and O–H groups in total. The predicted molar refractivity (Wildman–Crippen MR) is 322 cm³/mol. The maximum atomic E-state index is 6.59. The Morgan fingerprint density at radius 1 is 0.200 bits per heavy atom. The third-order valence-corrected chi connectivity index (χ3v) is 15.7. The topological polar surface area (TPSA) is 13.1 Å².